The van der Waals surface area contributed by atoms with Crippen LogP contribution in [0, 0.1) is 10.1 Å². The summed E-state index contributed by atoms with van der Waals surface area (Å²) in [6, 6.07) is 3.69. The molecule has 8 heteroatoms. The van der Waals surface area contributed by atoms with Crippen LogP contribution in [0.4, 0.5) is 11.8 Å². The van der Waals surface area contributed by atoms with Crippen molar-refractivity contribution in [1.29, 1.82) is 0 Å². The van der Waals surface area contributed by atoms with Crippen molar-refractivity contribution in [2.75, 3.05) is 12.4 Å². The molecule has 17 heavy (non-hydrogen) atoms. The van der Waals surface area contributed by atoms with Crippen molar-refractivity contribution in [3.8, 4) is 0 Å². The third kappa shape index (κ3) is 2.54. The highest BCUT2D eigenvalue weighted by atomic mass is 16.6. The van der Waals surface area contributed by atoms with Gasteiger partial charge in [-0.05, 0) is 16.6 Å². The Morgan fingerprint density at radius 2 is 2.29 bits per heavy atom. The third-order valence-electron chi connectivity index (χ3n) is 2.11. The fourth-order valence-electron chi connectivity index (χ4n) is 1.30. The lowest BCUT2D eigenvalue weighted by Gasteiger charge is -2.00. The summed E-state index contributed by atoms with van der Waals surface area (Å²) in [4.78, 5) is 17.5. The zero-order valence-corrected chi connectivity index (χ0v) is 9.07. The lowest BCUT2D eigenvalue weighted by molar-refractivity contribution is -0.394. The normalized spacial score (nSPS) is 10.2. The molecule has 0 radical (unpaired) electrons. The van der Waals surface area contributed by atoms with Gasteiger partial charge in [-0.25, -0.2) is 4.98 Å². The van der Waals surface area contributed by atoms with Gasteiger partial charge in [0.1, 0.15) is 5.82 Å². The van der Waals surface area contributed by atoms with E-state index in [0.29, 0.717) is 6.54 Å². The number of nitro groups is 1. The number of aromatic nitrogens is 4. The highest BCUT2D eigenvalue weighted by Gasteiger charge is 2.12. The number of anilines is 1. The van der Waals surface area contributed by atoms with Crippen LogP contribution in [0.25, 0.3) is 0 Å². The minimum Gasteiger partial charge on any atom is -0.390 e. The molecule has 0 unspecified atom stereocenters. The van der Waals surface area contributed by atoms with Crippen LogP contribution in [-0.2, 0) is 6.54 Å². The first-order valence-corrected chi connectivity index (χ1v) is 4.85. The van der Waals surface area contributed by atoms with Crippen molar-refractivity contribution in [2.45, 2.75) is 6.54 Å². The number of hydrogen-bond donors (Lipinski definition) is 1. The van der Waals surface area contributed by atoms with E-state index in [1.807, 2.05) is 12.1 Å². The summed E-state index contributed by atoms with van der Waals surface area (Å²) in [6.07, 6.45) is 3.00. The Labute approximate surface area is 96.5 Å². The van der Waals surface area contributed by atoms with Crippen LogP contribution in [0.1, 0.15) is 5.56 Å². The fraction of sp³-hybridized carbons (Fsp3) is 0.222. The van der Waals surface area contributed by atoms with Crippen LogP contribution in [0.15, 0.2) is 24.7 Å². The largest absolute Gasteiger partial charge is 0.490 e. The van der Waals surface area contributed by atoms with E-state index in [1.54, 1.807) is 13.2 Å². The first-order valence-electron chi connectivity index (χ1n) is 4.85. The first kappa shape index (κ1) is 11.0. The van der Waals surface area contributed by atoms with Gasteiger partial charge in [0.15, 0.2) is 0 Å². The molecule has 0 bridgehead atoms. The number of nitrogens with zero attached hydrogens (tertiary/aromatic N) is 5. The molecular weight excluding hydrogens is 224 g/mol. The van der Waals surface area contributed by atoms with Crippen molar-refractivity contribution in [3.05, 3.63) is 40.3 Å². The van der Waals surface area contributed by atoms with Gasteiger partial charge in [0, 0.05) is 18.3 Å². The molecule has 2 aromatic rings. The summed E-state index contributed by atoms with van der Waals surface area (Å²) in [5.41, 5.74) is 0.892. The summed E-state index contributed by atoms with van der Waals surface area (Å²) in [7, 11) is 1.78. The maximum Gasteiger partial charge on any atom is 0.490 e. The van der Waals surface area contributed by atoms with E-state index in [0.717, 1.165) is 11.4 Å². The van der Waals surface area contributed by atoms with Gasteiger partial charge >= 0.3 is 5.95 Å². The van der Waals surface area contributed by atoms with E-state index in [-0.39, 0.29) is 0 Å². The molecule has 0 atom stereocenters. The predicted octanol–water partition coefficient (Wildman–Crippen LogP) is 0.671. The average Bonchev–Trinajstić information content (AvgIpc) is 2.79. The SMILES string of the molecule is CNc1ccc(Cn2cnc([N+](=O)[O-])n2)cn1. The van der Waals surface area contributed by atoms with Gasteiger partial charge in [-0.2, -0.15) is 4.68 Å². The number of rotatable bonds is 4. The van der Waals surface area contributed by atoms with Gasteiger partial charge in [0.05, 0.1) is 6.54 Å². The van der Waals surface area contributed by atoms with Crippen LogP contribution in [-0.4, -0.2) is 31.7 Å². The van der Waals surface area contributed by atoms with Crippen molar-refractivity contribution in [3.63, 3.8) is 0 Å². The van der Waals surface area contributed by atoms with E-state index in [1.165, 1.54) is 11.0 Å². The lowest BCUT2D eigenvalue weighted by Crippen LogP contribution is -2.02. The number of hydrogen-bond acceptors (Lipinski definition) is 6. The van der Waals surface area contributed by atoms with E-state index in [4.69, 9.17) is 0 Å². The highest BCUT2D eigenvalue weighted by molar-refractivity contribution is 5.34. The lowest BCUT2D eigenvalue weighted by atomic mass is 10.3. The third-order valence-corrected chi connectivity index (χ3v) is 2.11. The summed E-state index contributed by atoms with van der Waals surface area (Å²) >= 11 is 0. The van der Waals surface area contributed by atoms with Crippen LogP contribution >= 0.6 is 0 Å². The van der Waals surface area contributed by atoms with E-state index in [2.05, 4.69) is 20.4 Å². The molecule has 2 heterocycles. The molecule has 0 aliphatic rings. The monoisotopic (exact) mass is 234 g/mol. The quantitative estimate of drug-likeness (QED) is 0.616. The average molecular weight is 234 g/mol. The minimum absolute atomic E-state index is 0.398. The Bertz CT molecular complexity index is 521. The second-order valence-corrected chi connectivity index (χ2v) is 3.30. The second-order valence-electron chi connectivity index (χ2n) is 3.30. The Morgan fingerprint density at radius 1 is 1.47 bits per heavy atom. The number of pyridine rings is 1. The zero-order valence-electron chi connectivity index (χ0n) is 9.07. The molecule has 0 fully saturated rings. The molecule has 0 aliphatic heterocycles. The van der Waals surface area contributed by atoms with Crippen LogP contribution in [0.5, 0.6) is 0 Å². The van der Waals surface area contributed by atoms with E-state index >= 15 is 0 Å². The molecule has 0 aromatic carbocycles. The van der Waals surface area contributed by atoms with Crippen LogP contribution < -0.4 is 5.32 Å². The van der Waals surface area contributed by atoms with E-state index < -0.39 is 10.9 Å². The maximum atomic E-state index is 10.4. The second kappa shape index (κ2) is 4.56. The van der Waals surface area contributed by atoms with Gasteiger partial charge in [0.2, 0.25) is 6.33 Å². The molecule has 0 saturated carbocycles. The Balaban J connectivity index is 2.11. The highest BCUT2D eigenvalue weighted by Crippen LogP contribution is 2.07. The van der Waals surface area contributed by atoms with Gasteiger partial charge in [0.25, 0.3) is 0 Å². The topological polar surface area (TPSA) is 98.8 Å². The van der Waals surface area contributed by atoms with Crippen molar-refractivity contribution < 1.29 is 4.92 Å². The number of nitrogens with one attached hydrogen (secondary N) is 1. The summed E-state index contributed by atoms with van der Waals surface area (Å²) in [6.45, 7) is 0.401. The zero-order chi connectivity index (χ0) is 12.3. The van der Waals surface area contributed by atoms with Gasteiger partial charge < -0.3 is 15.4 Å². The fourth-order valence-corrected chi connectivity index (χ4v) is 1.30. The summed E-state index contributed by atoms with van der Waals surface area (Å²) in [5, 5.41) is 17.0. The molecule has 0 amide bonds. The van der Waals surface area contributed by atoms with Crippen molar-refractivity contribution in [1.82, 2.24) is 19.7 Å². The predicted molar refractivity (Wildman–Crippen MR) is 59.6 cm³/mol. The molecule has 2 rings (SSSR count). The molecule has 0 aliphatic carbocycles. The van der Waals surface area contributed by atoms with Gasteiger partial charge in [-0.3, -0.25) is 0 Å². The molecule has 2 aromatic heterocycles. The summed E-state index contributed by atoms with van der Waals surface area (Å²) in [5.74, 6) is 0.364. The molecule has 1 N–H and O–H groups in total. The van der Waals surface area contributed by atoms with Crippen LogP contribution in [0.3, 0.4) is 0 Å². The molecule has 0 saturated heterocycles. The maximum absolute atomic E-state index is 10.4. The Morgan fingerprint density at radius 3 is 2.82 bits per heavy atom. The smallest absolute Gasteiger partial charge is 0.390 e. The van der Waals surface area contributed by atoms with Crippen molar-refractivity contribution >= 4 is 11.8 Å². The van der Waals surface area contributed by atoms with E-state index in [9.17, 15) is 10.1 Å². The van der Waals surface area contributed by atoms with Gasteiger partial charge in [-0.1, -0.05) is 11.1 Å². The molecule has 0 spiro atoms. The minimum atomic E-state index is -0.626. The molecule has 88 valence electrons. The van der Waals surface area contributed by atoms with Crippen molar-refractivity contribution in [2.24, 2.45) is 0 Å². The molecular formula is C9H10N6O2. The summed E-state index contributed by atoms with van der Waals surface area (Å²) < 4.78 is 1.40. The Hall–Kier alpha value is -2.51. The Kier molecular flexibility index (Phi) is 2.95. The molecule has 8 nitrogen and oxygen atoms in total. The van der Waals surface area contributed by atoms with Gasteiger partial charge in [-0.15, -0.1) is 0 Å². The van der Waals surface area contributed by atoms with Crippen LogP contribution in [0.2, 0.25) is 0 Å². The standard InChI is InChI=1S/C9H10N6O2/c1-10-8-3-2-7(4-11-8)5-14-6-12-9(13-14)15(16)17/h2-4,6H,5H2,1H3,(H,10,11). The first-order chi connectivity index (χ1) is 8.19.